The highest BCUT2D eigenvalue weighted by atomic mass is 16.2. The van der Waals surface area contributed by atoms with E-state index in [0.29, 0.717) is 12.0 Å². The fourth-order valence-electron chi connectivity index (χ4n) is 6.69. The Labute approximate surface area is 226 Å². The maximum Gasteiger partial charge on any atom is 0.228 e. The van der Waals surface area contributed by atoms with Crippen LogP contribution in [0.5, 0.6) is 0 Å². The molecule has 2 amide bonds. The van der Waals surface area contributed by atoms with Gasteiger partial charge in [0.2, 0.25) is 11.8 Å². The van der Waals surface area contributed by atoms with Gasteiger partial charge in [-0.05, 0) is 41.0 Å². The predicted octanol–water partition coefficient (Wildman–Crippen LogP) is 4.44. The summed E-state index contributed by atoms with van der Waals surface area (Å²) < 4.78 is 0. The highest BCUT2D eigenvalue weighted by Crippen LogP contribution is 2.61. The van der Waals surface area contributed by atoms with Gasteiger partial charge in [0.15, 0.2) is 6.19 Å². The van der Waals surface area contributed by atoms with Gasteiger partial charge in [-0.1, -0.05) is 61.8 Å². The van der Waals surface area contributed by atoms with Crippen molar-refractivity contribution in [1.82, 2.24) is 20.0 Å². The minimum Gasteiger partial charge on any atom is -0.350 e. The van der Waals surface area contributed by atoms with Crippen LogP contribution < -0.4 is 5.32 Å². The van der Waals surface area contributed by atoms with Crippen molar-refractivity contribution in [2.24, 2.45) is 22.2 Å². The number of nitriles is 1. The van der Waals surface area contributed by atoms with Crippen LogP contribution in [0.2, 0.25) is 0 Å². The first-order valence-corrected chi connectivity index (χ1v) is 13.5. The van der Waals surface area contributed by atoms with Crippen LogP contribution in [0.4, 0.5) is 0 Å². The fraction of sp³-hybridized carbons (Fsp3) is 0.833. The van der Waals surface area contributed by atoms with Gasteiger partial charge in [-0.3, -0.25) is 14.5 Å². The second-order valence-electron chi connectivity index (χ2n) is 15.0. The first kappa shape index (κ1) is 30.8. The van der Waals surface area contributed by atoms with E-state index in [0.717, 1.165) is 13.0 Å². The smallest absolute Gasteiger partial charge is 0.228 e. The third-order valence-electron chi connectivity index (χ3n) is 10.2. The first-order valence-electron chi connectivity index (χ1n) is 13.5. The lowest BCUT2D eigenvalue weighted by molar-refractivity contribution is -0.151. The van der Waals surface area contributed by atoms with Crippen LogP contribution in [0.25, 0.3) is 0 Å². The summed E-state index contributed by atoms with van der Waals surface area (Å²) in [6.07, 6.45) is 8.91. The number of fused-ring (bicyclic) bond motifs is 1. The zero-order valence-corrected chi connectivity index (χ0v) is 25.8. The monoisotopic (exact) mass is 513 g/mol. The molecule has 2 bridgehead atoms. The Morgan fingerprint density at radius 1 is 0.973 bits per heavy atom. The summed E-state index contributed by atoms with van der Waals surface area (Å²) in [5.41, 5.74) is -2.33. The molecule has 4 unspecified atom stereocenters. The van der Waals surface area contributed by atoms with Crippen molar-refractivity contribution >= 4 is 11.8 Å². The van der Waals surface area contributed by atoms with E-state index in [1.165, 1.54) is 0 Å². The number of nitrogens with one attached hydrogen (secondary N) is 1. The molecule has 1 saturated carbocycles. The number of rotatable bonds is 2. The number of likely N-dealkylation sites (tertiary alicyclic amines) is 1. The van der Waals surface area contributed by atoms with Crippen molar-refractivity contribution in [2.45, 2.75) is 125 Å². The summed E-state index contributed by atoms with van der Waals surface area (Å²) >= 11 is 0. The van der Waals surface area contributed by atoms with Gasteiger partial charge in [0.1, 0.15) is 0 Å². The lowest BCUT2D eigenvalue weighted by Crippen LogP contribution is -2.66. The molecular weight excluding hydrogens is 462 g/mol. The minimum absolute atomic E-state index is 0.103. The molecule has 4 fully saturated rings. The number of hydrogen-bond donors (Lipinski definition) is 1. The Bertz CT molecular complexity index is 1000. The molecule has 0 aromatic carbocycles. The number of nitrogens with zero attached hydrogens (tertiary/aromatic N) is 4. The zero-order chi connectivity index (χ0) is 29.2. The molecule has 1 aliphatic carbocycles. The molecule has 0 radical (unpaired) electrons. The number of carbonyl (C=O) groups is 2. The average molecular weight is 514 g/mol. The SMILES string of the molecule is C#CN1CC2CC1C2NC(=O)C(C)(C)C.CN(C(=O)C(C)(C)C)C1(C)C(C)(C)N(C#N)C(C)(C)C1(C)C. The van der Waals surface area contributed by atoms with Crippen LogP contribution in [0.3, 0.4) is 0 Å². The highest BCUT2D eigenvalue weighted by molar-refractivity contribution is 5.83. The van der Waals surface area contributed by atoms with Gasteiger partial charge in [0.05, 0.1) is 28.7 Å². The van der Waals surface area contributed by atoms with Crippen molar-refractivity contribution in [3.05, 3.63) is 0 Å². The van der Waals surface area contributed by atoms with Gasteiger partial charge in [0.25, 0.3) is 0 Å². The quantitative estimate of drug-likeness (QED) is 0.436. The standard InChI is InChI=1S/C18H33N3O.C12H18N2O/c1-14(2,3)13(22)20(11)18(10)15(4,5)16(6,7)21(12-19)17(18,8)9;1-5-14-7-8-6-9(14)10(8)13-11(15)12(2,3)4/h1-11H3;1,8-10H,6-7H2,2-4H3,(H,13,15). The largest absolute Gasteiger partial charge is 0.350 e. The molecule has 4 rings (SSSR count). The zero-order valence-electron chi connectivity index (χ0n) is 25.8. The van der Waals surface area contributed by atoms with Crippen molar-refractivity contribution < 1.29 is 9.59 Å². The van der Waals surface area contributed by atoms with Gasteiger partial charge < -0.3 is 15.1 Å². The summed E-state index contributed by atoms with van der Waals surface area (Å²) in [4.78, 5) is 30.5. The molecule has 7 nitrogen and oxygen atoms in total. The van der Waals surface area contributed by atoms with E-state index in [-0.39, 0.29) is 34.2 Å². The van der Waals surface area contributed by atoms with E-state index in [1.807, 2.05) is 63.3 Å². The molecule has 208 valence electrons. The second-order valence-corrected chi connectivity index (χ2v) is 15.0. The first-order chi connectivity index (χ1) is 16.4. The summed E-state index contributed by atoms with van der Waals surface area (Å²) in [5, 5.41) is 12.9. The Morgan fingerprint density at radius 2 is 1.49 bits per heavy atom. The summed E-state index contributed by atoms with van der Waals surface area (Å²) in [6, 6.07) is 3.35. The maximum absolute atomic E-state index is 13.0. The van der Waals surface area contributed by atoms with Gasteiger partial charge in [0, 0.05) is 41.8 Å². The number of amides is 2. The van der Waals surface area contributed by atoms with E-state index < -0.39 is 16.5 Å². The van der Waals surface area contributed by atoms with Gasteiger partial charge in [-0.15, -0.1) is 0 Å². The topological polar surface area (TPSA) is 79.7 Å². The van der Waals surface area contributed by atoms with Crippen LogP contribution in [0.15, 0.2) is 0 Å². The molecule has 0 aromatic heterocycles. The van der Waals surface area contributed by atoms with Gasteiger partial charge in [-0.25, -0.2) is 0 Å². The predicted molar refractivity (Wildman–Crippen MR) is 149 cm³/mol. The molecule has 3 saturated heterocycles. The van der Waals surface area contributed by atoms with Gasteiger partial charge in [-0.2, -0.15) is 5.26 Å². The highest BCUT2D eigenvalue weighted by Gasteiger charge is 2.72. The number of likely N-dealkylation sites (N-methyl/N-ethyl adjacent to an activating group) is 1. The maximum atomic E-state index is 13.0. The van der Waals surface area contributed by atoms with E-state index in [4.69, 9.17) is 6.42 Å². The summed E-state index contributed by atoms with van der Waals surface area (Å²) in [5.74, 6) is 0.796. The molecule has 4 atom stereocenters. The summed E-state index contributed by atoms with van der Waals surface area (Å²) in [6.45, 7) is 27.3. The molecule has 37 heavy (non-hydrogen) atoms. The third-order valence-corrected chi connectivity index (χ3v) is 10.2. The summed E-state index contributed by atoms with van der Waals surface area (Å²) in [7, 11) is 1.88. The Hall–Kier alpha value is -2.41. The van der Waals surface area contributed by atoms with Crippen molar-refractivity contribution in [1.29, 1.82) is 5.26 Å². The van der Waals surface area contributed by atoms with Crippen LogP contribution in [0.1, 0.15) is 96.4 Å². The van der Waals surface area contributed by atoms with Crippen LogP contribution in [-0.4, -0.2) is 68.8 Å². The molecule has 4 aliphatic rings. The molecule has 0 aromatic rings. The Morgan fingerprint density at radius 3 is 1.84 bits per heavy atom. The fourth-order valence-corrected chi connectivity index (χ4v) is 6.69. The van der Waals surface area contributed by atoms with Crippen LogP contribution in [0, 0.1) is 46.1 Å². The van der Waals surface area contributed by atoms with E-state index in [2.05, 4.69) is 66.0 Å². The molecule has 0 spiro atoms. The number of carbonyl (C=O) groups excluding carboxylic acids is 2. The lowest BCUT2D eigenvalue weighted by atomic mass is 9.60. The normalized spacial score (nSPS) is 30.8. The second kappa shape index (κ2) is 9.11. The lowest BCUT2D eigenvalue weighted by Gasteiger charge is -2.54. The Balaban J connectivity index is 0.000000278. The molecule has 3 aliphatic heterocycles. The average Bonchev–Trinajstić information content (AvgIpc) is 3.34. The molecule has 7 heteroatoms. The molecule has 3 heterocycles. The van der Waals surface area contributed by atoms with Crippen LogP contribution >= 0.6 is 0 Å². The van der Waals surface area contributed by atoms with Crippen molar-refractivity contribution in [3.8, 4) is 18.7 Å². The van der Waals surface area contributed by atoms with Crippen molar-refractivity contribution in [3.63, 3.8) is 0 Å². The number of hydrogen-bond acceptors (Lipinski definition) is 5. The molecule has 1 N–H and O–H groups in total. The Kier molecular flexibility index (Phi) is 7.58. The van der Waals surface area contributed by atoms with E-state index in [1.54, 1.807) is 0 Å². The van der Waals surface area contributed by atoms with Gasteiger partial charge >= 0.3 is 0 Å². The third kappa shape index (κ3) is 4.47. The number of terminal acetylenes is 1. The van der Waals surface area contributed by atoms with Crippen molar-refractivity contribution in [2.75, 3.05) is 13.6 Å². The molecular formula is C30H51N5O2. The van der Waals surface area contributed by atoms with E-state index in [9.17, 15) is 14.9 Å². The van der Waals surface area contributed by atoms with Crippen LogP contribution in [-0.2, 0) is 9.59 Å². The minimum atomic E-state index is -0.483. The van der Waals surface area contributed by atoms with E-state index >= 15 is 0 Å².